The molecule has 0 spiro atoms. The molecule has 1 heterocycles. The first-order valence-corrected chi connectivity index (χ1v) is 19.6. The summed E-state index contributed by atoms with van der Waals surface area (Å²) in [6, 6.07) is 67.2. The molecule has 1 aliphatic rings. The summed E-state index contributed by atoms with van der Waals surface area (Å²) in [5, 5.41) is 12.3. The molecule has 0 saturated heterocycles. The zero-order valence-corrected chi connectivity index (χ0v) is 31.2. The van der Waals surface area contributed by atoms with E-state index >= 15 is 0 Å². The van der Waals surface area contributed by atoms with E-state index < -0.39 is 0 Å². The van der Waals surface area contributed by atoms with Gasteiger partial charge >= 0.3 is 0 Å². The van der Waals surface area contributed by atoms with Crippen LogP contribution in [0.25, 0.3) is 110 Å². The first-order valence-electron chi connectivity index (χ1n) is 19.6. The maximum Gasteiger partial charge on any atom is 0.136 e. The van der Waals surface area contributed by atoms with Gasteiger partial charge in [0.1, 0.15) is 11.2 Å². The first-order chi connectivity index (χ1) is 27.5. The van der Waals surface area contributed by atoms with E-state index in [9.17, 15) is 0 Å². The summed E-state index contributed by atoms with van der Waals surface area (Å²) in [4.78, 5) is 0. The summed E-state index contributed by atoms with van der Waals surface area (Å²) in [6.07, 6.45) is 0. The lowest BCUT2D eigenvalue weighted by molar-refractivity contribution is 0.663. The van der Waals surface area contributed by atoms with Gasteiger partial charge in [0, 0.05) is 16.2 Å². The number of rotatable bonds is 3. The van der Waals surface area contributed by atoms with Crippen LogP contribution in [0.2, 0.25) is 0 Å². The predicted molar refractivity (Wildman–Crippen MR) is 238 cm³/mol. The van der Waals surface area contributed by atoms with Gasteiger partial charge in [0.2, 0.25) is 0 Å². The van der Waals surface area contributed by atoms with Crippen molar-refractivity contribution >= 4 is 65.0 Å². The SMILES string of the molecule is CC1(C)c2cc3ccccc3cc2-c2cccc(-c3ccc(-c4c5ccccc5c(-c5ccc6oc7ccc8ccccc8c7c6c5)c5ccccc45)cc3)c21. The highest BCUT2D eigenvalue weighted by molar-refractivity contribution is 6.23. The molecular formula is C55H36O. The quantitative estimate of drug-likeness (QED) is 0.166. The van der Waals surface area contributed by atoms with Crippen molar-refractivity contribution in [1.29, 1.82) is 0 Å². The van der Waals surface area contributed by atoms with E-state index in [-0.39, 0.29) is 5.41 Å². The average molecular weight is 713 g/mol. The lowest BCUT2D eigenvalue weighted by Gasteiger charge is -2.25. The molecule has 0 unspecified atom stereocenters. The Morgan fingerprint density at radius 2 is 0.893 bits per heavy atom. The second-order valence-corrected chi connectivity index (χ2v) is 16.0. The van der Waals surface area contributed by atoms with Crippen molar-refractivity contribution in [2.24, 2.45) is 0 Å². The minimum atomic E-state index is -0.120. The highest BCUT2D eigenvalue weighted by atomic mass is 16.3. The summed E-state index contributed by atoms with van der Waals surface area (Å²) in [5.74, 6) is 0. The van der Waals surface area contributed by atoms with Gasteiger partial charge < -0.3 is 4.42 Å². The maximum absolute atomic E-state index is 6.41. The van der Waals surface area contributed by atoms with Crippen LogP contribution in [0.1, 0.15) is 25.0 Å². The van der Waals surface area contributed by atoms with Crippen LogP contribution in [0.5, 0.6) is 0 Å². The smallest absolute Gasteiger partial charge is 0.136 e. The van der Waals surface area contributed by atoms with Crippen molar-refractivity contribution in [1.82, 2.24) is 0 Å². The van der Waals surface area contributed by atoms with Gasteiger partial charge in [-0.2, -0.15) is 0 Å². The maximum atomic E-state index is 6.41. The van der Waals surface area contributed by atoms with Crippen LogP contribution < -0.4 is 0 Å². The predicted octanol–water partition coefficient (Wildman–Crippen LogP) is 15.5. The molecule has 0 saturated carbocycles. The molecule has 0 N–H and O–H groups in total. The molecule has 0 fully saturated rings. The fraction of sp³-hybridized carbons (Fsp3) is 0.0545. The van der Waals surface area contributed by atoms with E-state index in [1.54, 1.807) is 0 Å². The minimum Gasteiger partial charge on any atom is -0.456 e. The van der Waals surface area contributed by atoms with Gasteiger partial charge in [-0.3, -0.25) is 0 Å². The molecule has 0 atom stereocenters. The molecule has 262 valence electrons. The van der Waals surface area contributed by atoms with Crippen LogP contribution in [0, 0.1) is 0 Å². The molecular weight excluding hydrogens is 677 g/mol. The van der Waals surface area contributed by atoms with Crippen molar-refractivity contribution in [2.75, 3.05) is 0 Å². The molecule has 56 heavy (non-hydrogen) atoms. The van der Waals surface area contributed by atoms with Gasteiger partial charge in [-0.15, -0.1) is 0 Å². The topological polar surface area (TPSA) is 13.1 Å². The Kier molecular flexibility index (Phi) is 6.46. The highest BCUT2D eigenvalue weighted by Crippen LogP contribution is 2.53. The summed E-state index contributed by atoms with van der Waals surface area (Å²) < 4.78 is 6.41. The van der Waals surface area contributed by atoms with Gasteiger partial charge in [-0.05, 0) is 129 Å². The molecule has 1 nitrogen and oxygen atoms in total. The first kappa shape index (κ1) is 31.4. The summed E-state index contributed by atoms with van der Waals surface area (Å²) in [5.41, 5.74) is 14.7. The number of hydrogen-bond donors (Lipinski definition) is 0. The van der Waals surface area contributed by atoms with Crippen LogP contribution >= 0.6 is 0 Å². The molecule has 0 aliphatic heterocycles. The standard InChI is InChI=1S/C55H36O/c1-55(2)48-32-37-14-4-3-13-36(37)30-46(48)45-21-11-20-40(54(45)55)34-22-24-35(25-23-34)51-41-16-7-9-18-43(41)52(44-19-10-8-17-42(44)51)38-27-28-49-47(31-38)53-39-15-6-5-12-33(39)26-29-50(53)56-49/h3-32H,1-2H3. The number of furan rings is 1. The summed E-state index contributed by atoms with van der Waals surface area (Å²) in [7, 11) is 0. The Hall–Kier alpha value is -6.96. The van der Waals surface area contributed by atoms with Crippen LogP contribution in [0.15, 0.2) is 186 Å². The third-order valence-electron chi connectivity index (χ3n) is 12.6. The third kappa shape index (κ3) is 4.37. The fourth-order valence-corrected chi connectivity index (χ4v) is 10.1. The van der Waals surface area contributed by atoms with Crippen molar-refractivity contribution in [2.45, 2.75) is 19.3 Å². The van der Waals surface area contributed by atoms with Gasteiger partial charge in [-0.25, -0.2) is 0 Å². The molecule has 0 bridgehead atoms. The van der Waals surface area contributed by atoms with Crippen molar-refractivity contribution in [3.63, 3.8) is 0 Å². The second kappa shape index (κ2) is 11.5. The molecule has 1 aliphatic carbocycles. The molecule has 1 aromatic heterocycles. The zero-order chi connectivity index (χ0) is 37.1. The van der Waals surface area contributed by atoms with Gasteiger partial charge in [0.25, 0.3) is 0 Å². The van der Waals surface area contributed by atoms with Crippen LogP contribution in [-0.2, 0) is 5.41 Å². The minimum absolute atomic E-state index is 0.120. The van der Waals surface area contributed by atoms with Gasteiger partial charge in [0.15, 0.2) is 0 Å². The Labute approximate surface area is 325 Å². The Morgan fingerprint density at radius 1 is 0.357 bits per heavy atom. The largest absolute Gasteiger partial charge is 0.456 e. The van der Waals surface area contributed by atoms with E-state index in [1.807, 2.05) is 0 Å². The lowest BCUT2D eigenvalue weighted by Crippen LogP contribution is -2.16. The third-order valence-corrected chi connectivity index (χ3v) is 12.6. The van der Waals surface area contributed by atoms with Crippen LogP contribution in [0.3, 0.4) is 0 Å². The van der Waals surface area contributed by atoms with Crippen molar-refractivity contribution < 1.29 is 4.42 Å². The number of hydrogen-bond acceptors (Lipinski definition) is 1. The molecule has 10 aromatic carbocycles. The van der Waals surface area contributed by atoms with E-state index in [1.165, 1.54) is 104 Å². The van der Waals surface area contributed by atoms with Crippen LogP contribution in [0.4, 0.5) is 0 Å². The van der Waals surface area contributed by atoms with E-state index in [0.717, 1.165) is 16.6 Å². The monoisotopic (exact) mass is 712 g/mol. The summed E-state index contributed by atoms with van der Waals surface area (Å²) >= 11 is 0. The molecule has 0 amide bonds. The summed E-state index contributed by atoms with van der Waals surface area (Å²) in [6.45, 7) is 4.78. The Bertz CT molecular complexity index is 3370. The molecule has 0 radical (unpaired) electrons. The van der Waals surface area contributed by atoms with Crippen LogP contribution in [-0.4, -0.2) is 0 Å². The molecule has 1 heteroatoms. The molecule has 12 rings (SSSR count). The normalized spacial score (nSPS) is 13.3. The van der Waals surface area contributed by atoms with Gasteiger partial charge in [0.05, 0.1) is 0 Å². The second-order valence-electron chi connectivity index (χ2n) is 16.0. The van der Waals surface area contributed by atoms with Gasteiger partial charge in [-0.1, -0.05) is 166 Å². The Balaban J connectivity index is 1.03. The van der Waals surface area contributed by atoms with E-state index in [2.05, 4.69) is 196 Å². The zero-order valence-electron chi connectivity index (χ0n) is 31.2. The van der Waals surface area contributed by atoms with E-state index in [0.29, 0.717) is 0 Å². The van der Waals surface area contributed by atoms with Crippen molar-refractivity contribution in [3.05, 3.63) is 193 Å². The average Bonchev–Trinajstić information content (AvgIpc) is 3.73. The van der Waals surface area contributed by atoms with Crippen molar-refractivity contribution in [3.8, 4) is 44.5 Å². The fourth-order valence-electron chi connectivity index (χ4n) is 10.1. The number of benzene rings is 10. The molecule has 11 aromatic rings. The lowest BCUT2D eigenvalue weighted by atomic mass is 9.78. The highest BCUT2D eigenvalue weighted by Gasteiger charge is 2.37. The Morgan fingerprint density at radius 3 is 1.59 bits per heavy atom. The van der Waals surface area contributed by atoms with E-state index in [4.69, 9.17) is 4.42 Å². The number of fused-ring (bicyclic) bond motifs is 11.